The number of nitrogens with one attached hydrogen (secondary N) is 2. The molecule has 6 heteroatoms. The molecule has 1 atom stereocenters. The average molecular weight is 350 g/mol. The van der Waals surface area contributed by atoms with Crippen molar-refractivity contribution in [3.8, 4) is 5.75 Å². The summed E-state index contributed by atoms with van der Waals surface area (Å²) in [4.78, 5) is 6.80. The molecule has 1 saturated heterocycles. The number of likely N-dealkylation sites (N-methyl/N-ethyl adjacent to an activating group) is 1. The van der Waals surface area contributed by atoms with E-state index in [-0.39, 0.29) is 5.82 Å². The summed E-state index contributed by atoms with van der Waals surface area (Å²) in [6.45, 7) is 6.98. The van der Waals surface area contributed by atoms with Crippen LogP contribution in [0.25, 0.3) is 0 Å². The first-order chi connectivity index (χ1) is 12.2. The first kappa shape index (κ1) is 19.5. The van der Waals surface area contributed by atoms with E-state index in [1.165, 1.54) is 31.5 Å². The smallest absolute Gasteiger partial charge is 0.191 e. The van der Waals surface area contributed by atoms with Crippen LogP contribution in [0.4, 0.5) is 4.39 Å². The molecule has 1 aliphatic heterocycles. The Kier molecular flexibility index (Phi) is 8.52. The van der Waals surface area contributed by atoms with Crippen molar-refractivity contribution >= 4 is 5.96 Å². The molecule has 0 aliphatic carbocycles. The van der Waals surface area contributed by atoms with Gasteiger partial charge in [0.15, 0.2) is 5.96 Å². The molecule has 1 heterocycles. The molecule has 5 nitrogen and oxygen atoms in total. The highest BCUT2D eigenvalue weighted by Crippen LogP contribution is 2.15. The van der Waals surface area contributed by atoms with Crippen LogP contribution in [-0.2, 0) is 0 Å². The van der Waals surface area contributed by atoms with Crippen LogP contribution >= 0.6 is 0 Å². The van der Waals surface area contributed by atoms with E-state index < -0.39 is 0 Å². The van der Waals surface area contributed by atoms with Crippen LogP contribution in [0.1, 0.15) is 32.6 Å². The van der Waals surface area contributed by atoms with Gasteiger partial charge in [-0.2, -0.15) is 0 Å². The summed E-state index contributed by atoms with van der Waals surface area (Å²) in [6, 6.07) is 6.75. The summed E-state index contributed by atoms with van der Waals surface area (Å²) < 4.78 is 18.4. The van der Waals surface area contributed by atoms with E-state index in [0.29, 0.717) is 18.4 Å². The number of unbranched alkanes of at least 4 members (excludes halogenated alkanes) is 1. The fourth-order valence-electron chi connectivity index (χ4n) is 3.13. The number of benzene rings is 1. The molecular formula is C19H31FN4O. The normalized spacial score (nSPS) is 18.4. The molecule has 0 saturated carbocycles. The van der Waals surface area contributed by atoms with Crippen LogP contribution in [0.15, 0.2) is 29.3 Å². The molecule has 140 valence electrons. The van der Waals surface area contributed by atoms with Crippen LogP contribution in [0.3, 0.4) is 0 Å². The molecule has 0 amide bonds. The molecule has 2 rings (SSSR count). The van der Waals surface area contributed by atoms with Crippen LogP contribution in [0.5, 0.6) is 5.75 Å². The highest BCUT2D eigenvalue weighted by molar-refractivity contribution is 5.79. The van der Waals surface area contributed by atoms with Crippen LogP contribution in [-0.4, -0.2) is 56.7 Å². The standard InChI is InChI=1S/C19H31FN4O/c1-3-24-13-6-7-17(24)15-23-19(21-2)22-12-4-5-14-25-18-10-8-16(20)9-11-18/h8-11,17H,3-7,12-15H2,1-2H3,(H2,21,22,23). The Morgan fingerprint density at radius 3 is 2.80 bits per heavy atom. The van der Waals surface area contributed by atoms with E-state index in [0.717, 1.165) is 38.4 Å². The predicted molar refractivity (Wildman–Crippen MR) is 101 cm³/mol. The molecule has 0 radical (unpaired) electrons. The first-order valence-electron chi connectivity index (χ1n) is 9.30. The lowest BCUT2D eigenvalue weighted by atomic mass is 10.2. The van der Waals surface area contributed by atoms with Gasteiger partial charge in [0.1, 0.15) is 11.6 Å². The number of hydrogen-bond acceptors (Lipinski definition) is 3. The Hall–Kier alpha value is -1.82. The molecule has 0 spiro atoms. The van der Waals surface area contributed by atoms with Crippen molar-refractivity contribution in [1.82, 2.24) is 15.5 Å². The zero-order chi connectivity index (χ0) is 17.9. The van der Waals surface area contributed by atoms with Crippen molar-refractivity contribution in [3.63, 3.8) is 0 Å². The topological polar surface area (TPSA) is 48.9 Å². The van der Waals surface area contributed by atoms with Gasteiger partial charge in [0, 0.05) is 26.2 Å². The van der Waals surface area contributed by atoms with Crippen LogP contribution < -0.4 is 15.4 Å². The Bertz CT molecular complexity index is 521. The van der Waals surface area contributed by atoms with Crippen LogP contribution in [0.2, 0.25) is 0 Å². The average Bonchev–Trinajstić information content (AvgIpc) is 3.09. The van der Waals surface area contributed by atoms with Gasteiger partial charge in [0.05, 0.1) is 6.61 Å². The van der Waals surface area contributed by atoms with E-state index >= 15 is 0 Å². The summed E-state index contributed by atoms with van der Waals surface area (Å²) in [5, 5.41) is 6.78. The van der Waals surface area contributed by atoms with Crippen molar-refractivity contribution in [2.24, 2.45) is 4.99 Å². The molecular weight excluding hydrogens is 319 g/mol. The molecule has 25 heavy (non-hydrogen) atoms. The fraction of sp³-hybridized carbons (Fsp3) is 0.632. The fourth-order valence-corrected chi connectivity index (χ4v) is 3.13. The lowest BCUT2D eigenvalue weighted by molar-refractivity contribution is 0.267. The van der Waals surface area contributed by atoms with Gasteiger partial charge < -0.3 is 15.4 Å². The third-order valence-electron chi connectivity index (χ3n) is 4.58. The van der Waals surface area contributed by atoms with Gasteiger partial charge in [-0.25, -0.2) is 4.39 Å². The number of likely N-dealkylation sites (tertiary alicyclic amines) is 1. The SMILES string of the molecule is CCN1CCCC1CNC(=NC)NCCCCOc1ccc(F)cc1. The Morgan fingerprint density at radius 1 is 1.28 bits per heavy atom. The van der Waals surface area contributed by atoms with Crippen LogP contribution in [0, 0.1) is 5.82 Å². The van der Waals surface area contributed by atoms with Crippen molar-refractivity contribution in [2.45, 2.75) is 38.6 Å². The molecule has 0 aromatic heterocycles. The van der Waals surface area contributed by atoms with Crippen molar-refractivity contribution < 1.29 is 9.13 Å². The van der Waals surface area contributed by atoms with Gasteiger partial charge >= 0.3 is 0 Å². The Balaban J connectivity index is 1.54. The minimum absolute atomic E-state index is 0.241. The number of halogens is 1. The second-order valence-corrected chi connectivity index (χ2v) is 6.31. The van der Waals surface area contributed by atoms with Crippen molar-refractivity contribution in [1.29, 1.82) is 0 Å². The maximum absolute atomic E-state index is 12.8. The van der Waals surface area contributed by atoms with Gasteiger partial charge in [-0.05, 0) is 63.0 Å². The number of aliphatic imine (C=N–C) groups is 1. The minimum Gasteiger partial charge on any atom is -0.494 e. The van der Waals surface area contributed by atoms with Gasteiger partial charge in [0.2, 0.25) is 0 Å². The third-order valence-corrected chi connectivity index (χ3v) is 4.58. The second-order valence-electron chi connectivity index (χ2n) is 6.31. The monoisotopic (exact) mass is 350 g/mol. The molecule has 2 N–H and O–H groups in total. The lowest BCUT2D eigenvalue weighted by Gasteiger charge is -2.24. The van der Waals surface area contributed by atoms with E-state index in [4.69, 9.17) is 4.74 Å². The van der Waals surface area contributed by atoms with E-state index in [1.807, 2.05) is 0 Å². The van der Waals surface area contributed by atoms with E-state index in [9.17, 15) is 4.39 Å². The summed E-state index contributed by atoms with van der Waals surface area (Å²) >= 11 is 0. The Labute approximate surface area is 150 Å². The third kappa shape index (κ3) is 6.90. The summed E-state index contributed by atoms with van der Waals surface area (Å²) in [5.74, 6) is 1.33. The number of guanidine groups is 1. The maximum Gasteiger partial charge on any atom is 0.191 e. The van der Waals surface area contributed by atoms with Crippen molar-refractivity contribution in [2.75, 3.05) is 39.8 Å². The lowest BCUT2D eigenvalue weighted by Crippen LogP contribution is -2.45. The zero-order valence-electron chi connectivity index (χ0n) is 15.4. The molecule has 1 unspecified atom stereocenters. The molecule has 1 aliphatic rings. The van der Waals surface area contributed by atoms with Gasteiger partial charge in [-0.1, -0.05) is 6.92 Å². The number of hydrogen-bond donors (Lipinski definition) is 2. The largest absolute Gasteiger partial charge is 0.494 e. The van der Waals surface area contributed by atoms with Crippen molar-refractivity contribution in [3.05, 3.63) is 30.1 Å². The summed E-state index contributed by atoms with van der Waals surface area (Å²) in [5.41, 5.74) is 0. The second kappa shape index (κ2) is 10.9. The predicted octanol–water partition coefficient (Wildman–Crippen LogP) is 2.63. The molecule has 1 aromatic rings. The quantitative estimate of drug-likeness (QED) is 0.408. The summed E-state index contributed by atoms with van der Waals surface area (Å²) in [7, 11) is 1.80. The highest BCUT2D eigenvalue weighted by Gasteiger charge is 2.22. The molecule has 0 bridgehead atoms. The van der Waals surface area contributed by atoms with Gasteiger partial charge in [-0.15, -0.1) is 0 Å². The molecule has 1 fully saturated rings. The number of nitrogens with zero attached hydrogens (tertiary/aromatic N) is 2. The number of ether oxygens (including phenoxy) is 1. The van der Waals surface area contributed by atoms with Gasteiger partial charge in [0.25, 0.3) is 0 Å². The minimum atomic E-state index is -0.241. The molecule has 1 aromatic carbocycles. The van der Waals surface area contributed by atoms with E-state index in [2.05, 4.69) is 27.4 Å². The highest BCUT2D eigenvalue weighted by atomic mass is 19.1. The maximum atomic E-state index is 12.8. The van der Waals surface area contributed by atoms with E-state index in [1.54, 1.807) is 19.2 Å². The van der Waals surface area contributed by atoms with Gasteiger partial charge in [-0.3, -0.25) is 9.89 Å². The summed E-state index contributed by atoms with van der Waals surface area (Å²) in [6.07, 6.45) is 4.48. The number of rotatable bonds is 9. The first-order valence-corrected chi connectivity index (χ1v) is 9.30. The zero-order valence-corrected chi connectivity index (χ0v) is 15.4. The Morgan fingerprint density at radius 2 is 2.08 bits per heavy atom.